The summed E-state index contributed by atoms with van der Waals surface area (Å²) in [5, 5.41) is 3.02. The van der Waals surface area contributed by atoms with Crippen molar-refractivity contribution in [2.75, 3.05) is 71.0 Å². The Bertz CT molecular complexity index is 2930. The second-order valence-corrected chi connectivity index (χ2v) is 34.4. The number of unbranched alkanes of at least 4 members (excludes halogenated alkanes) is 40. The number of rotatable bonds is 71. The highest BCUT2D eigenvalue weighted by atomic mass is 32.3. The van der Waals surface area contributed by atoms with E-state index in [1.54, 1.807) is 0 Å². The van der Waals surface area contributed by atoms with Gasteiger partial charge in [0.25, 0.3) is 5.91 Å². The normalized spacial score (nSPS) is 11.7. The number of esters is 4. The Kier molecular flexibility index (Phi) is 79.2. The molecule has 2 atom stereocenters. The van der Waals surface area contributed by atoms with Crippen LogP contribution in [0.2, 0.25) is 0 Å². The zero-order chi connectivity index (χ0) is 89.4. The molecule has 3 aromatic carbocycles. The molecule has 0 saturated carbocycles. The van der Waals surface area contributed by atoms with Crippen molar-refractivity contribution in [3.63, 3.8) is 0 Å². The number of quaternary nitrogens is 1. The minimum Gasteiger partial charge on any atom is -0.726 e. The van der Waals surface area contributed by atoms with Crippen LogP contribution in [0.25, 0.3) is 0 Å². The van der Waals surface area contributed by atoms with Crippen molar-refractivity contribution in [1.29, 1.82) is 0 Å². The third kappa shape index (κ3) is 77.2. The van der Waals surface area contributed by atoms with Gasteiger partial charge in [0.15, 0.2) is 24.5 Å². The minimum atomic E-state index is -4.95. The van der Waals surface area contributed by atoms with Crippen molar-refractivity contribution < 1.29 is 86.9 Å². The monoisotopic (exact) mass is 1730 g/mol. The second-order valence-electron chi connectivity index (χ2n) is 32.3. The number of Topliss-reactive ketones (excluding diaryl/α,β-unsaturated/α-hetero) is 1. The SMILES string of the molecule is CCCCCCCCCCCCCC(=O)OCC(COS(=O)(=O)[O-])OC(=O)CCCCCCCCCCCCC.CCCCCCCCCCCCCC(=O)OCC(COS(=O)(=O)[O-])OC(=O)CCCCCCCCCCCCC.CCN(CC)CC(=O)Cc1c(C)cccc1C.CC[NH+](CC)CC(=O)Nc1c(C)cccc1C.c1ccccc1. The molecule has 2 unspecified atom stereocenters. The highest BCUT2D eigenvalue weighted by Crippen LogP contribution is 2.22. The summed E-state index contributed by atoms with van der Waals surface area (Å²) in [4.78, 5) is 76.0. The average Bonchev–Trinajstić information content (AvgIpc) is 0.865. The molecule has 694 valence electrons. The summed E-state index contributed by atoms with van der Waals surface area (Å²) < 4.78 is 94.5. The summed E-state index contributed by atoms with van der Waals surface area (Å²) in [6, 6.07) is 24.2. The van der Waals surface area contributed by atoms with E-state index in [9.17, 15) is 54.7 Å². The number of amides is 1. The van der Waals surface area contributed by atoms with Gasteiger partial charge in [-0.05, 0) is 108 Å². The average molecular weight is 1730 g/mol. The van der Waals surface area contributed by atoms with E-state index in [0.717, 1.165) is 107 Å². The predicted molar refractivity (Wildman–Crippen MR) is 488 cm³/mol. The number of ketones is 1. The largest absolute Gasteiger partial charge is 0.726 e. The van der Waals surface area contributed by atoms with E-state index in [2.05, 4.69) is 100.0 Å². The number of hydrogen-bond donors (Lipinski definition) is 2. The number of anilines is 1. The van der Waals surface area contributed by atoms with Crippen LogP contribution >= 0.6 is 0 Å². The highest BCUT2D eigenvalue weighted by molar-refractivity contribution is 7.81. The van der Waals surface area contributed by atoms with Gasteiger partial charge >= 0.3 is 23.9 Å². The fourth-order valence-corrected chi connectivity index (χ4v) is 14.3. The summed E-state index contributed by atoms with van der Waals surface area (Å²) in [6.07, 6.45) is 50.6. The van der Waals surface area contributed by atoms with Gasteiger partial charge in [-0.3, -0.25) is 42.0 Å². The van der Waals surface area contributed by atoms with Crippen LogP contribution in [0.4, 0.5) is 5.69 Å². The number of carbonyl (C=O) groups excluding carboxylic acids is 6. The maximum absolute atomic E-state index is 12.2. The molecule has 120 heavy (non-hydrogen) atoms. The number of para-hydroxylation sites is 1. The summed E-state index contributed by atoms with van der Waals surface area (Å²) in [7, 11) is -9.90. The molecule has 0 fully saturated rings. The van der Waals surface area contributed by atoms with Gasteiger partial charge in [0, 0.05) is 37.8 Å². The zero-order valence-electron chi connectivity index (χ0n) is 77.4. The molecule has 0 bridgehead atoms. The van der Waals surface area contributed by atoms with Gasteiger partial charge in [-0.1, -0.05) is 371 Å². The quantitative estimate of drug-likeness (QED) is 0.0174. The van der Waals surface area contributed by atoms with Crippen molar-refractivity contribution in [3.05, 3.63) is 101 Å². The Morgan fingerprint density at radius 1 is 0.358 bits per heavy atom. The zero-order valence-corrected chi connectivity index (χ0v) is 79.0. The molecule has 0 spiro atoms. The number of aryl methyl sites for hydroxylation is 4. The number of hydrogen-bond acceptors (Lipinski definition) is 19. The van der Waals surface area contributed by atoms with Crippen molar-refractivity contribution in [2.45, 2.75) is 410 Å². The van der Waals surface area contributed by atoms with E-state index < -0.39 is 70.1 Å². The molecule has 0 aromatic heterocycles. The van der Waals surface area contributed by atoms with Gasteiger partial charge in [-0.2, -0.15) is 0 Å². The van der Waals surface area contributed by atoms with Gasteiger partial charge in [-0.15, -0.1) is 0 Å². The molecular weight excluding hydrogens is 1560 g/mol. The first-order valence-electron chi connectivity index (χ1n) is 47.1. The Morgan fingerprint density at radius 2 is 0.617 bits per heavy atom. The van der Waals surface area contributed by atoms with E-state index in [4.69, 9.17) is 18.9 Å². The van der Waals surface area contributed by atoms with E-state index in [-0.39, 0.29) is 44.8 Å². The number of nitrogens with one attached hydrogen (secondary N) is 2. The molecule has 21 nitrogen and oxygen atoms in total. The van der Waals surface area contributed by atoms with Crippen LogP contribution in [0, 0.1) is 27.7 Å². The van der Waals surface area contributed by atoms with Gasteiger partial charge < -0.3 is 38.3 Å². The molecule has 1 amide bonds. The molecule has 3 aromatic rings. The Balaban J connectivity index is 0. The third-order valence-electron chi connectivity index (χ3n) is 21.3. The fourth-order valence-electron chi connectivity index (χ4n) is 13.7. The van der Waals surface area contributed by atoms with E-state index in [1.165, 1.54) is 214 Å². The molecule has 0 aliphatic carbocycles. The molecule has 0 aliphatic rings. The number of likely N-dealkylation sites (N-methyl/N-ethyl adjacent to an activating group) is 2. The number of nitrogens with zero attached hydrogens (tertiary/aromatic N) is 1. The van der Waals surface area contributed by atoms with Gasteiger partial charge in [0.1, 0.15) is 26.4 Å². The second kappa shape index (κ2) is 81.7. The molecule has 3 rings (SSSR count). The van der Waals surface area contributed by atoms with Crippen LogP contribution in [0.3, 0.4) is 0 Å². The molecule has 0 saturated heterocycles. The van der Waals surface area contributed by atoms with Gasteiger partial charge in [0.05, 0.1) is 19.6 Å². The predicted octanol–water partition coefficient (Wildman–Crippen LogP) is 22.3. The Labute approximate surface area is 731 Å². The van der Waals surface area contributed by atoms with E-state index >= 15 is 0 Å². The lowest BCUT2D eigenvalue weighted by molar-refractivity contribution is -0.888. The Morgan fingerprint density at radius 3 is 0.875 bits per heavy atom. The number of benzene rings is 3. The highest BCUT2D eigenvalue weighted by Gasteiger charge is 2.22. The molecular formula is C97H170N3O18S2-. The van der Waals surface area contributed by atoms with Crippen LogP contribution in [0.5, 0.6) is 0 Å². The first-order chi connectivity index (χ1) is 57.7. The van der Waals surface area contributed by atoms with Crippen molar-refractivity contribution in [1.82, 2.24) is 4.90 Å². The first-order valence-corrected chi connectivity index (χ1v) is 49.8. The summed E-state index contributed by atoms with van der Waals surface area (Å²) in [5.41, 5.74) is 6.84. The van der Waals surface area contributed by atoms with Crippen molar-refractivity contribution in [2.24, 2.45) is 0 Å². The fraction of sp³-hybridized carbons (Fsp3) is 0.753. The van der Waals surface area contributed by atoms with Crippen LogP contribution < -0.4 is 10.2 Å². The van der Waals surface area contributed by atoms with E-state index in [1.807, 2.05) is 74.5 Å². The molecule has 2 N–H and O–H groups in total. The number of ether oxygens (including phenoxy) is 4. The number of carbonyl (C=O) groups is 6. The van der Waals surface area contributed by atoms with Crippen LogP contribution in [0.15, 0.2) is 72.8 Å². The maximum Gasteiger partial charge on any atom is 0.306 e. The van der Waals surface area contributed by atoms with Crippen molar-refractivity contribution >= 4 is 62.1 Å². The lowest BCUT2D eigenvalue weighted by Gasteiger charge is -2.19. The van der Waals surface area contributed by atoms with E-state index in [0.29, 0.717) is 51.0 Å². The van der Waals surface area contributed by atoms with Crippen LogP contribution in [-0.2, 0) is 83.3 Å². The van der Waals surface area contributed by atoms with Gasteiger partial charge in [0.2, 0.25) is 20.8 Å². The minimum absolute atomic E-state index is 0.0982. The topological polar surface area (TPSA) is 292 Å². The van der Waals surface area contributed by atoms with Crippen LogP contribution in [-0.4, -0.2) is 144 Å². The lowest BCUT2D eigenvalue weighted by atomic mass is 9.98. The lowest BCUT2D eigenvalue weighted by Crippen LogP contribution is -3.12. The first kappa shape index (κ1) is 116. The third-order valence-corrected chi connectivity index (χ3v) is 22.2. The van der Waals surface area contributed by atoms with Crippen LogP contribution in [0.1, 0.15) is 391 Å². The standard InChI is InChI=1S/2C31H60O8S.C15H23NO.C14H22N2O.C6H6/c2*1-3-5-7-9-11-13-15-17-19-21-23-25-30(32)37-27-29(28-38-40(34,35)36)39-31(33)26-24-22-20-18-16-14-12-10-8-6-4-2;1-5-16(6-2)11-14(17)10-15-12(3)8-7-9-13(15)4;1-5-16(6-2)10-13(17)15-14-11(3)8-7-9-12(14)4;1-2-4-6-5-3-1/h2*29H,3-28H2,1-2H3,(H,34,35,36);7-9H,5-6,10-11H2,1-4H3;7-9H,5-6,10H2,1-4H3,(H,15,17);1-6H/p-1. The molecule has 0 radical (unpaired) electrons. The summed E-state index contributed by atoms with van der Waals surface area (Å²) in [5.74, 6) is -1.50. The Hall–Kier alpha value is -5.66. The smallest absolute Gasteiger partial charge is 0.306 e. The molecule has 0 aliphatic heterocycles. The molecule has 0 heterocycles. The summed E-state index contributed by atoms with van der Waals surface area (Å²) in [6.45, 7) is 28.4. The maximum atomic E-state index is 12.2. The van der Waals surface area contributed by atoms with Gasteiger partial charge in [-0.25, -0.2) is 16.8 Å². The van der Waals surface area contributed by atoms with Crippen molar-refractivity contribution in [3.8, 4) is 0 Å². The summed E-state index contributed by atoms with van der Waals surface area (Å²) >= 11 is 0. The molecule has 23 heteroatoms.